The maximum absolute atomic E-state index is 14.1. The van der Waals surface area contributed by atoms with Gasteiger partial charge >= 0.3 is 6.09 Å². The minimum absolute atomic E-state index is 0.0712. The Morgan fingerprint density at radius 1 is 1.14 bits per heavy atom. The molecule has 1 aliphatic rings. The zero-order valence-electron chi connectivity index (χ0n) is 23.2. The summed E-state index contributed by atoms with van der Waals surface area (Å²) in [6.45, 7) is 9.20. The molecule has 0 spiro atoms. The SMILES string of the molecule is CCC(C)N(C(=O)C(CCSC)NC(=O)OC(C)(C)C)C(C(=O)NC1CCCCC1)c1ccc(O)cc1. The summed E-state index contributed by atoms with van der Waals surface area (Å²) in [5.41, 5.74) is -0.0946. The van der Waals surface area contributed by atoms with Gasteiger partial charge in [-0.2, -0.15) is 11.8 Å². The van der Waals surface area contributed by atoms with Gasteiger partial charge in [0, 0.05) is 12.1 Å². The normalized spacial score (nSPS) is 16.8. The van der Waals surface area contributed by atoms with Crippen LogP contribution in [0.3, 0.4) is 0 Å². The number of thioether (sulfide) groups is 1. The highest BCUT2D eigenvalue weighted by Gasteiger charge is 2.39. The Hall–Kier alpha value is -2.42. The van der Waals surface area contributed by atoms with E-state index in [-0.39, 0.29) is 29.6 Å². The van der Waals surface area contributed by atoms with Gasteiger partial charge in [-0.1, -0.05) is 38.3 Å². The minimum atomic E-state index is -0.901. The summed E-state index contributed by atoms with van der Waals surface area (Å²) in [6, 6.07) is 4.46. The van der Waals surface area contributed by atoms with Crippen LogP contribution in [-0.4, -0.2) is 63.6 Å². The van der Waals surface area contributed by atoms with E-state index in [2.05, 4.69) is 10.6 Å². The smallest absolute Gasteiger partial charge is 0.408 e. The second kappa shape index (κ2) is 14.5. The molecule has 0 aromatic heterocycles. The van der Waals surface area contributed by atoms with Gasteiger partial charge in [0.1, 0.15) is 23.4 Å². The van der Waals surface area contributed by atoms with Crippen molar-refractivity contribution in [1.29, 1.82) is 0 Å². The summed E-state index contributed by atoms with van der Waals surface area (Å²) in [5.74, 6) is 0.165. The van der Waals surface area contributed by atoms with Gasteiger partial charge in [-0.15, -0.1) is 0 Å². The molecular weight excluding hydrogens is 490 g/mol. The molecule has 3 N–H and O–H groups in total. The Morgan fingerprint density at radius 2 is 1.76 bits per heavy atom. The summed E-state index contributed by atoms with van der Waals surface area (Å²) < 4.78 is 5.44. The molecule has 3 atom stereocenters. The fourth-order valence-electron chi connectivity index (χ4n) is 4.54. The lowest BCUT2D eigenvalue weighted by molar-refractivity contribution is -0.145. The summed E-state index contributed by atoms with van der Waals surface area (Å²) >= 11 is 1.58. The van der Waals surface area contributed by atoms with Gasteiger partial charge in [0.25, 0.3) is 0 Å². The fraction of sp³-hybridized carbons (Fsp3) is 0.679. The van der Waals surface area contributed by atoms with Crippen molar-refractivity contribution in [3.05, 3.63) is 29.8 Å². The molecular formula is C28H45N3O5S. The molecule has 0 bridgehead atoms. The number of rotatable bonds is 11. The molecule has 0 aliphatic heterocycles. The van der Waals surface area contributed by atoms with E-state index in [1.807, 2.05) is 20.1 Å². The van der Waals surface area contributed by atoms with Gasteiger partial charge < -0.3 is 25.4 Å². The van der Waals surface area contributed by atoms with Crippen molar-refractivity contribution in [3.63, 3.8) is 0 Å². The highest BCUT2D eigenvalue weighted by Crippen LogP contribution is 2.29. The Labute approximate surface area is 226 Å². The van der Waals surface area contributed by atoms with Crippen LogP contribution in [0.1, 0.15) is 91.2 Å². The van der Waals surface area contributed by atoms with Crippen molar-refractivity contribution in [2.75, 3.05) is 12.0 Å². The Bertz CT molecular complexity index is 881. The number of hydrogen-bond acceptors (Lipinski definition) is 6. The van der Waals surface area contributed by atoms with E-state index in [0.717, 1.165) is 25.7 Å². The van der Waals surface area contributed by atoms with E-state index in [1.54, 1.807) is 49.6 Å². The van der Waals surface area contributed by atoms with Crippen LogP contribution in [0.5, 0.6) is 5.75 Å². The monoisotopic (exact) mass is 535 g/mol. The van der Waals surface area contributed by atoms with Crippen LogP contribution >= 0.6 is 11.8 Å². The van der Waals surface area contributed by atoms with E-state index in [4.69, 9.17) is 4.74 Å². The third-order valence-electron chi connectivity index (χ3n) is 6.61. The number of aromatic hydroxyl groups is 1. The Morgan fingerprint density at radius 3 is 2.30 bits per heavy atom. The lowest BCUT2D eigenvalue weighted by Crippen LogP contribution is -2.56. The van der Waals surface area contributed by atoms with Gasteiger partial charge in [0.2, 0.25) is 11.8 Å². The van der Waals surface area contributed by atoms with E-state index in [0.29, 0.717) is 24.2 Å². The van der Waals surface area contributed by atoms with Crippen LogP contribution in [0.4, 0.5) is 4.79 Å². The van der Waals surface area contributed by atoms with Gasteiger partial charge in [0.05, 0.1) is 0 Å². The number of ether oxygens (including phenoxy) is 1. The van der Waals surface area contributed by atoms with E-state index < -0.39 is 23.8 Å². The summed E-state index contributed by atoms with van der Waals surface area (Å²) in [5, 5.41) is 15.8. The van der Waals surface area contributed by atoms with Crippen molar-refractivity contribution in [2.24, 2.45) is 0 Å². The third-order valence-corrected chi connectivity index (χ3v) is 7.25. The minimum Gasteiger partial charge on any atom is -0.508 e. The number of carbonyl (C=O) groups is 3. The first kappa shape index (κ1) is 30.8. The second-order valence-corrected chi connectivity index (χ2v) is 11.8. The fourth-order valence-corrected chi connectivity index (χ4v) is 5.01. The van der Waals surface area contributed by atoms with Crippen LogP contribution < -0.4 is 10.6 Å². The molecule has 2 rings (SSSR count). The molecule has 0 heterocycles. The molecule has 1 aliphatic carbocycles. The highest BCUT2D eigenvalue weighted by molar-refractivity contribution is 7.98. The van der Waals surface area contributed by atoms with E-state index in [9.17, 15) is 19.5 Å². The lowest BCUT2D eigenvalue weighted by atomic mass is 9.94. The van der Waals surface area contributed by atoms with Crippen LogP contribution in [0, 0.1) is 0 Å². The zero-order chi connectivity index (χ0) is 27.6. The molecule has 0 saturated heterocycles. The molecule has 1 aromatic carbocycles. The summed E-state index contributed by atoms with van der Waals surface area (Å²) in [7, 11) is 0. The summed E-state index contributed by atoms with van der Waals surface area (Å²) in [6.07, 6.45) is 7.45. The van der Waals surface area contributed by atoms with Crippen LogP contribution in [0.25, 0.3) is 0 Å². The molecule has 1 aromatic rings. The topological polar surface area (TPSA) is 108 Å². The zero-order valence-corrected chi connectivity index (χ0v) is 24.0. The number of nitrogens with zero attached hydrogens (tertiary/aromatic N) is 1. The van der Waals surface area contributed by atoms with Crippen molar-refractivity contribution < 1.29 is 24.2 Å². The van der Waals surface area contributed by atoms with Crippen molar-refractivity contribution in [2.45, 2.75) is 109 Å². The van der Waals surface area contributed by atoms with Gasteiger partial charge in [-0.25, -0.2) is 4.79 Å². The molecule has 208 valence electrons. The molecule has 37 heavy (non-hydrogen) atoms. The maximum Gasteiger partial charge on any atom is 0.408 e. The summed E-state index contributed by atoms with van der Waals surface area (Å²) in [4.78, 5) is 42.2. The number of alkyl carbamates (subject to hydrolysis) is 1. The van der Waals surface area contributed by atoms with Crippen molar-refractivity contribution >= 4 is 29.7 Å². The Kier molecular flexibility index (Phi) is 12.1. The molecule has 9 heteroatoms. The number of amides is 3. The molecule has 1 saturated carbocycles. The molecule has 3 amide bonds. The predicted molar refractivity (Wildman–Crippen MR) is 149 cm³/mol. The van der Waals surface area contributed by atoms with Crippen LogP contribution in [0.15, 0.2) is 24.3 Å². The molecule has 3 unspecified atom stereocenters. The largest absolute Gasteiger partial charge is 0.508 e. The van der Waals surface area contributed by atoms with Gasteiger partial charge in [0.15, 0.2) is 0 Å². The number of carbonyl (C=O) groups excluding carboxylic acids is 3. The quantitative estimate of drug-likeness (QED) is 0.361. The van der Waals surface area contributed by atoms with Crippen LogP contribution in [0.2, 0.25) is 0 Å². The average molecular weight is 536 g/mol. The first-order valence-electron chi connectivity index (χ1n) is 13.4. The van der Waals surface area contributed by atoms with E-state index >= 15 is 0 Å². The highest BCUT2D eigenvalue weighted by atomic mass is 32.2. The van der Waals surface area contributed by atoms with E-state index in [1.165, 1.54) is 18.6 Å². The first-order chi connectivity index (χ1) is 17.5. The van der Waals surface area contributed by atoms with Crippen molar-refractivity contribution in [1.82, 2.24) is 15.5 Å². The predicted octanol–water partition coefficient (Wildman–Crippen LogP) is 5.16. The van der Waals surface area contributed by atoms with Gasteiger partial charge in [-0.05, 0) is 83.1 Å². The number of benzene rings is 1. The number of phenolic OH excluding ortho intramolecular Hbond substituents is 1. The molecule has 8 nitrogen and oxygen atoms in total. The average Bonchev–Trinajstić information content (AvgIpc) is 2.84. The number of nitrogens with one attached hydrogen (secondary N) is 2. The Balaban J connectivity index is 2.45. The third kappa shape index (κ3) is 9.76. The standard InChI is InChI=1S/C28H45N3O5S/c1-7-19(2)31(26(34)23(17-18-37-6)30-27(35)36-28(3,4)5)24(20-13-15-22(32)16-14-20)25(33)29-21-11-9-8-10-12-21/h13-16,19,21,23-24,32H,7-12,17-18H2,1-6H3,(H,29,33)(H,30,35). The first-order valence-corrected chi connectivity index (χ1v) is 14.8. The second-order valence-electron chi connectivity index (χ2n) is 10.8. The molecule has 1 fully saturated rings. The van der Waals surface area contributed by atoms with Crippen LogP contribution in [-0.2, 0) is 14.3 Å². The lowest BCUT2D eigenvalue weighted by Gasteiger charge is -2.39. The van der Waals surface area contributed by atoms with Crippen molar-refractivity contribution in [3.8, 4) is 5.75 Å². The van der Waals surface area contributed by atoms with Gasteiger partial charge in [-0.3, -0.25) is 9.59 Å². The maximum atomic E-state index is 14.1. The number of hydrogen-bond donors (Lipinski definition) is 3. The molecule has 0 radical (unpaired) electrons. The number of phenols is 1.